The molecule has 2 atom stereocenters. The van der Waals surface area contributed by atoms with Crippen LogP contribution in [-0.4, -0.2) is 60.3 Å². The number of carbonyl (C=O) groups is 1. The number of hydrogen-bond acceptors (Lipinski definition) is 4. The van der Waals surface area contributed by atoms with Crippen LogP contribution in [0, 0.1) is 5.92 Å². The minimum atomic E-state index is -0.545. The Hall–Kier alpha value is -0.850. The lowest BCUT2D eigenvalue weighted by Gasteiger charge is -2.40. The molecule has 138 valence electrons. The third-order valence-electron chi connectivity index (χ3n) is 5.68. The molecule has 3 aliphatic rings. The molecule has 0 spiro atoms. The Morgan fingerprint density at radius 1 is 1.12 bits per heavy atom. The first-order chi connectivity index (χ1) is 11.1. The van der Waals surface area contributed by atoms with E-state index in [0.717, 1.165) is 25.8 Å². The summed E-state index contributed by atoms with van der Waals surface area (Å²) in [7, 11) is 0. The summed E-state index contributed by atoms with van der Waals surface area (Å²) < 4.78 is 17.7. The van der Waals surface area contributed by atoms with Crippen molar-refractivity contribution in [2.75, 3.05) is 26.3 Å². The fourth-order valence-corrected chi connectivity index (χ4v) is 4.38. The molecule has 3 saturated heterocycles. The zero-order valence-corrected chi connectivity index (χ0v) is 15.7. The molecule has 0 unspecified atom stereocenters. The number of ether oxygens (including phenoxy) is 3. The van der Waals surface area contributed by atoms with Crippen LogP contribution in [0.4, 0.5) is 4.79 Å². The van der Waals surface area contributed by atoms with Crippen LogP contribution in [0.2, 0.25) is 0 Å². The van der Waals surface area contributed by atoms with Gasteiger partial charge in [-0.05, 0) is 53.9 Å². The van der Waals surface area contributed by atoms with Crippen LogP contribution in [0.5, 0.6) is 0 Å². The van der Waals surface area contributed by atoms with Gasteiger partial charge >= 0.3 is 6.03 Å². The first-order valence-electron chi connectivity index (χ1n) is 9.15. The van der Waals surface area contributed by atoms with E-state index in [2.05, 4.69) is 19.2 Å². The van der Waals surface area contributed by atoms with E-state index in [1.54, 1.807) is 0 Å². The highest BCUT2D eigenvalue weighted by Crippen LogP contribution is 2.38. The molecule has 1 N–H and O–H groups in total. The van der Waals surface area contributed by atoms with Gasteiger partial charge in [-0.2, -0.15) is 0 Å². The van der Waals surface area contributed by atoms with Crippen molar-refractivity contribution in [3.8, 4) is 0 Å². The Morgan fingerprint density at radius 3 is 2.38 bits per heavy atom. The van der Waals surface area contributed by atoms with Gasteiger partial charge in [0.2, 0.25) is 0 Å². The van der Waals surface area contributed by atoms with E-state index in [-0.39, 0.29) is 29.2 Å². The molecule has 0 aliphatic carbocycles. The predicted octanol–water partition coefficient (Wildman–Crippen LogP) is 2.52. The van der Waals surface area contributed by atoms with Crippen molar-refractivity contribution >= 4 is 6.03 Å². The lowest BCUT2D eigenvalue weighted by Crippen LogP contribution is -2.55. The fraction of sp³-hybridized carbons (Fsp3) is 0.944. The van der Waals surface area contributed by atoms with Gasteiger partial charge in [0.05, 0.1) is 30.5 Å². The Labute approximate surface area is 145 Å². The van der Waals surface area contributed by atoms with Crippen molar-refractivity contribution in [1.29, 1.82) is 0 Å². The smallest absolute Gasteiger partial charge is 0.317 e. The second-order valence-corrected chi connectivity index (χ2v) is 8.67. The molecule has 24 heavy (non-hydrogen) atoms. The largest absolute Gasteiger partial charge is 0.367 e. The minimum Gasteiger partial charge on any atom is -0.367 e. The molecule has 2 amide bonds. The van der Waals surface area contributed by atoms with E-state index in [1.165, 1.54) is 0 Å². The molecule has 3 aliphatic heterocycles. The summed E-state index contributed by atoms with van der Waals surface area (Å²) in [5.41, 5.74) is -0.553. The van der Waals surface area contributed by atoms with Crippen LogP contribution in [0.15, 0.2) is 0 Å². The quantitative estimate of drug-likeness (QED) is 0.839. The first kappa shape index (κ1) is 18.0. The zero-order chi connectivity index (χ0) is 17.6. The number of rotatable bonds is 2. The van der Waals surface area contributed by atoms with Crippen LogP contribution >= 0.6 is 0 Å². The maximum Gasteiger partial charge on any atom is 0.317 e. The van der Waals surface area contributed by atoms with Gasteiger partial charge in [-0.3, -0.25) is 0 Å². The highest BCUT2D eigenvalue weighted by Gasteiger charge is 2.47. The summed E-state index contributed by atoms with van der Waals surface area (Å²) in [6.45, 7) is 13.0. The molecule has 0 radical (unpaired) electrons. The fourth-order valence-electron chi connectivity index (χ4n) is 4.38. The summed E-state index contributed by atoms with van der Waals surface area (Å²) >= 11 is 0. The van der Waals surface area contributed by atoms with Crippen molar-refractivity contribution in [3.05, 3.63) is 0 Å². The van der Waals surface area contributed by atoms with Crippen LogP contribution in [0.25, 0.3) is 0 Å². The number of urea groups is 1. The first-order valence-corrected chi connectivity index (χ1v) is 9.15. The van der Waals surface area contributed by atoms with Crippen LogP contribution in [0.1, 0.15) is 53.9 Å². The van der Waals surface area contributed by atoms with E-state index in [9.17, 15) is 4.79 Å². The summed E-state index contributed by atoms with van der Waals surface area (Å²) in [5.74, 6) is -0.319. The van der Waals surface area contributed by atoms with Crippen molar-refractivity contribution < 1.29 is 19.0 Å². The topological polar surface area (TPSA) is 60.0 Å². The molecule has 0 aromatic heterocycles. The lowest BCUT2D eigenvalue weighted by molar-refractivity contribution is -0.189. The molecule has 0 bridgehead atoms. The van der Waals surface area contributed by atoms with Crippen molar-refractivity contribution in [2.24, 2.45) is 5.92 Å². The van der Waals surface area contributed by atoms with Crippen molar-refractivity contribution in [2.45, 2.75) is 76.9 Å². The van der Waals surface area contributed by atoms with Crippen LogP contribution in [0.3, 0.4) is 0 Å². The van der Waals surface area contributed by atoms with E-state index < -0.39 is 5.79 Å². The lowest BCUT2D eigenvalue weighted by atomic mass is 9.90. The number of nitrogens with one attached hydrogen (secondary N) is 1. The Balaban J connectivity index is 1.61. The second-order valence-electron chi connectivity index (χ2n) is 8.67. The molecule has 0 saturated carbocycles. The average Bonchev–Trinajstić information content (AvgIpc) is 3.01. The molecule has 6 nitrogen and oxygen atoms in total. The second kappa shape index (κ2) is 6.15. The van der Waals surface area contributed by atoms with Gasteiger partial charge in [-0.1, -0.05) is 0 Å². The van der Waals surface area contributed by atoms with Gasteiger partial charge in [0.1, 0.15) is 0 Å². The number of carbonyl (C=O) groups excluding carboxylic acids is 1. The maximum atomic E-state index is 12.8. The van der Waals surface area contributed by atoms with E-state index >= 15 is 0 Å². The van der Waals surface area contributed by atoms with Gasteiger partial charge in [0.15, 0.2) is 5.79 Å². The molecule has 3 rings (SSSR count). The number of likely N-dealkylation sites (tertiary alicyclic amines) is 1. The Bertz CT molecular complexity index is 485. The molecule has 3 heterocycles. The van der Waals surface area contributed by atoms with Gasteiger partial charge in [-0.15, -0.1) is 0 Å². The SMILES string of the molecule is CC1(C)C[C@H](NC(=O)N2CCC[C@@H](C3(C)OCCO3)C2)C(C)(C)O1. The van der Waals surface area contributed by atoms with E-state index in [4.69, 9.17) is 14.2 Å². The summed E-state index contributed by atoms with van der Waals surface area (Å²) in [5, 5.41) is 3.20. The third-order valence-corrected chi connectivity index (χ3v) is 5.68. The highest BCUT2D eigenvalue weighted by molar-refractivity contribution is 5.75. The van der Waals surface area contributed by atoms with Gasteiger partial charge in [0, 0.05) is 19.0 Å². The summed E-state index contributed by atoms with van der Waals surface area (Å²) in [4.78, 5) is 14.7. The van der Waals surface area contributed by atoms with E-state index in [0.29, 0.717) is 19.8 Å². The van der Waals surface area contributed by atoms with Crippen molar-refractivity contribution in [1.82, 2.24) is 10.2 Å². The van der Waals surface area contributed by atoms with Gasteiger partial charge in [0.25, 0.3) is 0 Å². The third kappa shape index (κ3) is 3.55. The summed E-state index contributed by atoms with van der Waals surface area (Å²) in [6, 6.07) is 0.0237. The minimum absolute atomic E-state index is 0.000622. The zero-order valence-electron chi connectivity index (χ0n) is 15.7. The van der Waals surface area contributed by atoms with Crippen LogP contribution in [-0.2, 0) is 14.2 Å². The standard InChI is InChI=1S/C18H32N2O4/c1-16(2)11-14(17(3,4)24-16)19-15(21)20-8-6-7-13(12-20)18(5)22-9-10-23-18/h13-14H,6-12H2,1-5H3,(H,19,21)/t13-,14+/m1/s1. The molecular formula is C18H32N2O4. The van der Waals surface area contributed by atoms with Gasteiger partial charge in [-0.25, -0.2) is 4.79 Å². The van der Waals surface area contributed by atoms with Crippen LogP contribution < -0.4 is 5.32 Å². The number of nitrogens with zero attached hydrogens (tertiary/aromatic N) is 1. The van der Waals surface area contributed by atoms with E-state index in [1.807, 2.05) is 25.7 Å². The Kier molecular flexibility index (Phi) is 4.60. The predicted molar refractivity (Wildman–Crippen MR) is 90.8 cm³/mol. The Morgan fingerprint density at radius 2 is 1.79 bits per heavy atom. The van der Waals surface area contributed by atoms with Crippen molar-refractivity contribution in [3.63, 3.8) is 0 Å². The average molecular weight is 340 g/mol. The molecular weight excluding hydrogens is 308 g/mol. The summed E-state index contributed by atoms with van der Waals surface area (Å²) in [6.07, 6.45) is 2.84. The highest BCUT2D eigenvalue weighted by atomic mass is 16.7. The van der Waals surface area contributed by atoms with Gasteiger partial charge < -0.3 is 24.4 Å². The molecule has 6 heteroatoms. The number of piperidine rings is 1. The maximum absolute atomic E-state index is 12.8. The monoisotopic (exact) mass is 340 g/mol. The number of amides is 2. The number of hydrogen-bond donors (Lipinski definition) is 1. The molecule has 0 aromatic rings. The molecule has 3 fully saturated rings. The molecule has 0 aromatic carbocycles. The normalized spacial score (nSPS) is 34.3.